The second kappa shape index (κ2) is 6.84. The Morgan fingerprint density at radius 3 is 2.61 bits per heavy atom. The summed E-state index contributed by atoms with van der Waals surface area (Å²) < 4.78 is 0. The van der Waals surface area contributed by atoms with Crippen molar-refractivity contribution >= 4 is 11.7 Å². The summed E-state index contributed by atoms with van der Waals surface area (Å²) >= 11 is 0. The summed E-state index contributed by atoms with van der Waals surface area (Å²) in [6.45, 7) is 3.10. The van der Waals surface area contributed by atoms with Crippen molar-refractivity contribution < 1.29 is 9.90 Å². The minimum absolute atomic E-state index is 0.0495. The average Bonchev–Trinajstić information content (AvgIpc) is 3.00. The Hall–Kier alpha value is -1.66. The molecule has 1 aromatic heterocycles. The maximum atomic E-state index is 12.8. The molecular weight excluding hydrogens is 292 g/mol. The summed E-state index contributed by atoms with van der Waals surface area (Å²) in [6.07, 6.45) is 4.60. The van der Waals surface area contributed by atoms with E-state index in [1.54, 1.807) is 6.20 Å². The maximum absolute atomic E-state index is 12.8. The van der Waals surface area contributed by atoms with E-state index in [9.17, 15) is 9.90 Å². The summed E-state index contributed by atoms with van der Waals surface area (Å²) in [5, 5.41) is 10.1. The van der Waals surface area contributed by atoms with E-state index in [2.05, 4.69) is 9.88 Å². The normalized spacial score (nSPS) is 25.6. The number of aliphatic hydroxyl groups excluding tert-OH is 1. The maximum Gasteiger partial charge on any atom is 0.257 e. The van der Waals surface area contributed by atoms with E-state index in [1.807, 2.05) is 36.0 Å². The molecule has 0 bridgehead atoms. The molecule has 1 aliphatic carbocycles. The van der Waals surface area contributed by atoms with Crippen LogP contribution in [0.5, 0.6) is 0 Å². The van der Waals surface area contributed by atoms with Gasteiger partial charge in [-0.05, 0) is 31.4 Å². The van der Waals surface area contributed by atoms with Crippen molar-refractivity contribution in [1.29, 1.82) is 0 Å². The summed E-state index contributed by atoms with van der Waals surface area (Å²) in [5.41, 5.74) is 0.659. The fraction of sp³-hybridized carbons (Fsp3) is 0.647. The molecule has 3 rings (SSSR count). The standard InChI is InChI=1S/C17H26N4O2/c1-19(2)16-13(5-4-8-18-16)17(23)21-11-9-20(10-12-21)14-6-3-7-15(14)22/h4-5,8,14-15,22H,3,6-7,9-12H2,1-2H3/t14-,15-/m1/s1. The van der Waals surface area contributed by atoms with Gasteiger partial charge in [-0.2, -0.15) is 0 Å². The van der Waals surface area contributed by atoms with Gasteiger partial charge in [0.15, 0.2) is 0 Å². The number of carbonyl (C=O) groups excluding carboxylic acids is 1. The van der Waals surface area contributed by atoms with Gasteiger partial charge in [0.1, 0.15) is 5.82 Å². The summed E-state index contributed by atoms with van der Waals surface area (Å²) in [7, 11) is 3.80. The molecule has 2 aliphatic rings. The van der Waals surface area contributed by atoms with Gasteiger partial charge in [0.2, 0.25) is 0 Å². The molecule has 2 fully saturated rings. The third-order valence-electron chi connectivity index (χ3n) is 4.96. The minimum Gasteiger partial charge on any atom is -0.391 e. The molecule has 0 aromatic carbocycles. The first-order valence-electron chi connectivity index (χ1n) is 8.41. The highest BCUT2D eigenvalue weighted by Gasteiger charge is 2.33. The number of nitrogens with zero attached hydrogens (tertiary/aromatic N) is 4. The van der Waals surface area contributed by atoms with Gasteiger partial charge in [0, 0.05) is 52.5 Å². The lowest BCUT2D eigenvalue weighted by Crippen LogP contribution is -2.53. The molecule has 0 radical (unpaired) electrons. The van der Waals surface area contributed by atoms with Crippen LogP contribution in [0.4, 0.5) is 5.82 Å². The number of aromatic nitrogens is 1. The van der Waals surface area contributed by atoms with Crippen LogP contribution in [-0.4, -0.2) is 78.2 Å². The molecule has 6 nitrogen and oxygen atoms in total. The van der Waals surface area contributed by atoms with Crippen molar-refractivity contribution in [2.75, 3.05) is 45.2 Å². The first-order chi connectivity index (χ1) is 11.1. The SMILES string of the molecule is CN(C)c1ncccc1C(=O)N1CCN([C@@H]2CCC[C@H]2O)CC1. The Bertz CT molecular complexity index is 555. The highest BCUT2D eigenvalue weighted by molar-refractivity contribution is 5.98. The second-order valence-corrected chi connectivity index (χ2v) is 6.66. The van der Waals surface area contributed by atoms with Crippen LogP contribution in [-0.2, 0) is 0 Å². The third kappa shape index (κ3) is 3.33. The number of anilines is 1. The molecule has 126 valence electrons. The zero-order valence-electron chi connectivity index (χ0n) is 14.0. The second-order valence-electron chi connectivity index (χ2n) is 6.66. The number of amides is 1. The zero-order chi connectivity index (χ0) is 16.4. The van der Waals surface area contributed by atoms with Crippen LogP contribution < -0.4 is 4.90 Å². The number of hydrogen-bond donors (Lipinski definition) is 1. The minimum atomic E-state index is -0.198. The molecular formula is C17H26N4O2. The fourth-order valence-corrected chi connectivity index (χ4v) is 3.69. The van der Waals surface area contributed by atoms with E-state index in [1.165, 1.54) is 0 Å². The van der Waals surface area contributed by atoms with Crippen molar-refractivity contribution in [3.05, 3.63) is 23.9 Å². The molecule has 6 heteroatoms. The van der Waals surface area contributed by atoms with E-state index in [0.717, 1.165) is 32.4 Å². The van der Waals surface area contributed by atoms with Gasteiger partial charge in [0.25, 0.3) is 5.91 Å². The van der Waals surface area contributed by atoms with Crippen LogP contribution in [0.3, 0.4) is 0 Å². The number of carbonyl (C=O) groups is 1. The highest BCUT2D eigenvalue weighted by atomic mass is 16.3. The third-order valence-corrected chi connectivity index (χ3v) is 4.96. The van der Waals surface area contributed by atoms with Crippen molar-refractivity contribution in [1.82, 2.24) is 14.8 Å². The molecule has 0 unspecified atom stereocenters. The lowest BCUT2D eigenvalue weighted by molar-refractivity contribution is 0.0316. The van der Waals surface area contributed by atoms with Gasteiger partial charge in [-0.15, -0.1) is 0 Å². The molecule has 2 heterocycles. The van der Waals surface area contributed by atoms with Crippen LogP contribution in [0.25, 0.3) is 0 Å². The highest BCUT2D eigenvalue weighted by Crippen LogP contribution is 2.25. The van der Waals surface area contributed by atoms with E-state index >= 15 is 0 Å². The monoisotopic (exact) mass is 318 g/mol. The summed E-state index contributed by atoms with van der Waals surface area (Å²) in [5.74, 6) is 0.763. The summed E-state index contributed by atoms with van der Waals surface area (Å²) in [6, 6.07) is 3.94. The Morgan fingerprint density at radius 1 is 1.26 bits per heavy atom. The average molecular weight is 318 g/mol. The number of hydrogen-bond acceptors (Lipinski definition) is 5. The predicted octanol–water partition coefficient (Wildman–Crippen LogP) is 0.819. The van der Waals surface area contributed by atoms with Crippen LogP contribution >= 0.6 is 0 Å². The van der Waals surface area contributed by atoms with Crippen LogP contribution in [0.1, 0.15) is 29.6 Å². The van der Waals surface area contributed by atoms with Gasteiger partial charge in [-0.3, -0.25) is 9.69 Å². The Morgan fingerprint density at radius 2 is 2.00 bits per heavy atom. The molecule has 1 saturated heterocycles. The molecule has 23 heavy (non-hydrogen) atoms. The van der Waals surface area contributed by atoms with E-state index in [-0.39, 0.29) is 18.1 Å². The molecule has 0 spiro atoms. The predicted molar refractivity (Wildman–Crippen MR) is 89.7 cm³/mol. The van der Waals surface area contributed by atoms with Crippen LogP contribution in [0.2, 0.25) is 0 Å². The van der Waals surface area contributed by atoms with Gasteiger partial charge in [-0.1, -0.05) is 0 Å². The Balaban J connectivity index is 1.65. The molecule has 1 aliphatic heterocycles. The molecule has 1 aromatic rings. The Labute approximate surface area is 137 Å². The number of piperazine rings is 1. The Kier molecular flexibility index (Phi) is 4.82. The lowest BCUT2D eigenvalue weighted by Gasteiger charge is -2.39. The van der Waals surface area contributed by atoms with Crippen molar-refractivity contribution in [2.24, 2.45) is 0 Å². The van der Waals surface area contributed by atoms with Crippen LogP contribution in [0.15, 0.2) is 18.3 Å². The van der Waals surface area contributed by atoms with Gasteiger partial charge in [0.05, 0.1) is 11.7 Å². The lowest BCUT2D eigenvalue weighted by atomic mass is 10.1. The zero-order valence-corrected chi connectivity index (χ0v) is 14.0. The topological polar surface area (TPSA) is 59.9 Å². The van der Waals surface area contributed by atoms with E-state index in [4.69, 9.17) is 0 Å². The van der Waals surface area contributed by atoms with Crippen molar-refractivity contribution in [3.63, 3.8) is 0 Å². The number of pyridine rings is 1. The van der Waals surface area contributed by atoms with Gasteiger partial charge < -0.3 is 14.9 Å². The number of rotatable bonds is 3. The molecule has 2 atom stereocenters. The smallest absolute Gasteiger partial charge is 0.257 e. The van der Waals surface area contributed by atoms with E-state index in [0.29, 0.717) is 24.5 Å². The molecule has 1 saturated carbocycles. The largest absolute Gasteiger partial charge is 0.391 e. The van der Waals surface area contributed by atoms with Gasteiger partial charge in [-0.25, -0.2) is 4.98 Å². The first-order valence-corrected chi connectivity index (χ1v) is 8.41. The number of aliphatic hydroxyl groups is 1. The quantitative estimate of drug-likeness (QED) is 0.894. The van der Waals surface area contributed by atoms with Crippen LogP contribution in [0, 0.1) is 0 Å². The van der Waals surface area contributed by atoms with Crippen molar-refractivity contribution in [2.45, 2.75) is 31.4 Å². The first kappa shape index (κ1) is 16.2. The van der Waals surface area contributed by atoms with Gasteiger partial charge >= 0.3 is 0 Å². The summed E-state index contributed by atoms with van der Waals surface area (Å²) in [4.78, 5) is 23.2. The van der Waals surface area contributed by atoms with E-state index < -0.39 is 0 Å². The van der Waals surface area contributed by atoms with Crippen molar-refractivity contribution in [3.8, 4) is 0 Å². The molecule has 1 N–H and O–H groups in total. The fourth-order valence-electron chi connectivity index (χ4n) is 3.69. The molecule has 1 amide bonds.